The van der Waals surface area contributed by atoms with E-state index < -0.39 is 11.9 Å². The Morgan fingerprint density at radius 3 is 2.28 bits per heavy atom. The van der Waals surface area contributed by atoms with Gasteiger partial charge in [0.1, 0.15) is 13.2 Å². The fourth-order valence-corrected chi connectivity index (χ4v) is 1.12. The average molecular weight is 246 g/mol. The van der Waals surface area contributed by atoms with Crippen LogP contribution >= 0.6 is 0 Å². The van der Waals surface area contributed by atoms with E-state index in [-0.39, 0.29) is 13.2 Å². The maximum Gasteiger partial charge on any atom is 0.330 e. The van der Waals surface area contributed by atoms with Gasteiger partial charge in [0.15, 0.2) is 0 Å². The predicted molar refractivity (Wildman–Crippen MR) is 67.6 cm³/mol. The minimum absolute atomic E-state index is 0.0236. The van der Waals surface area contributed by atoms with E-state index in [9.17, 15) is 9.59 Å². The van der Waals surface area contributed by atoms with Gasteiger partial charge in [-0.3, -0.25) is 0 Å². The number of carbonyl (C=O) groups is 2. The molecule has 4 heteroatoms. The van der Waals surface area contributed by atoms with Gasteiger partial charge in [0.25, 0.3) is 0 Å². The van der Waals surface area contributed by atoms with Crippen LogP contribution in [0.25, 0.3) is 6.08 Å². The fraction of sp³-hybridized carbons (Fsp3) is 0.143. The minimum atomic E-state index is -0.536. The molecule has 0 aliphatic carbocycles. The lowest BCUT2D eigenvalue weighted by Gasteiger charge is -2.02. The Kier molecular flexibility index (Phi) is 5.97. The normalized spacial score (nSPS) is 10.0. The monoisotopic (exact) mass is 246 g/mol. The van der Waals surface area contributed by atoms with Crippen molar-refractivity contribution in [2.75, 3.05) is 13.2 Å². The molecule has 0 spiro atoms. The molecule has 4 nitrogen and oxygen atoms in total. The van der Waals surface area contributed by atoms with E-state index in [2.05, 4.69) is 11.3 Å². The first kappa shape index (κ1) is 13.7. The highest BCUT2D eigenvalue weighted by molar-refractivity contribution is 5.87. The summed E-state index contributed by atoms with van der Waals surface area (Å²) in [7, 11) is 0. The molecule has 0 aromatic heterocycles. The fourth-order valence-electron chi connectivity index (χ4n) is 1.12. The second-order valence-corrected chi connectivity index (χ2v) is 3.28. The zero-order valence-corrected chi connectivity index (χ0v) is 9.87. The van der Waals surface area contributed by atoms with Gasteiger partial charge in [-0.15, -0.1) is 0 Å². The molecule has 1 aromatic carbocycles. The van der Waals surface area contributed by atoms with Crippen LogP contribution in [0.1, 0.15) is 5.56 Å². The molecular weight excluding hydrogens is 232 g/mol. The van der Waals surface area contributed by atoms with Gasteiger partial charge in [0.2, 0.25) is 0 Å². The molecule has 1 rings (SSSR count). The first-order chi connectivity index (χ1) is 8.72. The topological polar surface area (TPSA) is 52.6 Å². The van der Waals surface area contributed by atoms with Crippen molar-refractivity contribution >= 4 is 18.0 Å². The van der Waals surface area contributed by atoms with Crippen molar-refractivity contribution in [2.24, 2.45) is 0 Å². The van der Waals surface area contributed by atoms with Crippen molar-refractivity contribution in [3.05, 3.63) is 54.6 Å². The Morgan fingerprint density at radius 2 is 1.67 bits per heavy atom. The SMILES string of the molecule is C=CC(=O)OCCOC(=O)C=Cc1ccccc1. The maximum atomic E-state index is 11.3. The Hall–Kier alpha value is -2.36. The van der Waals surface area contributed by atoms with Crippen LogP contribution in [0, 0.1) is 0 Å². The Labute approximate surface area is 106 Å². The summed E-state index contributed by atoms with van der Waals surface area (Å²) in [6.07, 6.45) is 4.03. The Bertz CT molecular complexity index is 434. The molecule has 0 unspecified atom stereocenters. The molecule has 0 N–H and O–H groups in total. The summed E-state index contributed by atoms with van der Waals surface area (Å²) >= 11 is 0. The van der Waals surface area contributed by atoms with Crippen LogP contribution in [0.15, 0.2) is 49.1 Å². The zero-order chi connectivity index (χ0) is 13.2. The van der Waals surface area contributed by atoms with Gasteiger partial charge in [-0.25, -0.2) is 9.59 Å². The minimum Gasteiger partial charge on any atom is -0.459 e. The maximum absolute atomic E-state index is 11.3. The summed E-state index contributed by atoms with van der Waals surface area (Å²) in [4.78, 5) is 21.9. The number of benzene rings is 1. The van der Waals surface area contributed by atoms with Crippen molar-refractivity contribution in [1.82, 2.24) is 0 Å². The highest BCUT2D eigenvalue weighted by Crippen LogP contribution is 2.00. The van der Waals surface area contributed by atoms with Gasteiger partial charge in [-0.05, 0) is 11.6 Å². The van der Waals surface area contributed by atoms with Gasteiger partial charge in [-0.2, -0.15) is 0 Å². The molecule has 0 radical (unpaired) electrons. The van der Waals surface area contributed by atoms with Crippen LogP contribution in [-0.2, 0) is 19.1 Å². The standard InChI is InChI=1S/C14H14O4/c1-2-13(15)17-10-11-18-14(16)9-8-12-6-4-3-5-7-12/h2-9H,1,10-11H2. The molecule has 0 amide bonds. The van der Waals surface area contributed by atoms with Crippen LogP contribution in [0.2, 0.25) is 0 Å². The second-order valence-electron chi connectivity index (χ2n) is 3.28. The lowest BCUT2D eigenvalue weighted by atomic mass is 10.2. The molecule has 0 bridgehead atoms. The molecule has 0 saturated carbocycles. The number of ether oxygens (including phenoxy) is 2. The average Bonchev–Trinajstić information content (AvgIpc) is 2.42. The molecular formula is C14H14O4. The number of hydrogen-bond donors (Lipinski definition) is 0. The van der Waals surface area contributed by atoms with Gasteiger partial charge in [-0.1, -0.05) is 36.9 Å². The molecule has 0 saturated heterocycles. The van der Waals surface area contributed by atoms with E-state index in [4.69, 9.17) is 4.74 Å². The molecule has 18 heavy (non-hydrogen) atoms. The first-order valence-electron chi connectivity index (χ1n) is 5.41. The first-order valence-corrected chi connectivity index (χ1v) is 5.41. The number of esters is 2. The lowest BCUT2D eigenvalue weighted by molar-refractivity contribution is -0.145. The Balaban J connectivity index is 2.24. The van der Waals surface area contributed by atoms with Gasteiger partial charge in [0.05, 0.1) is 0 Å². The number of carbonyl (C=O) groups excluding carboxylic acids is 2. The van der Waals surface area contributed by atoms with Crippen molar-refractivity contribution in [3.8, 4) is 0 Å². The third-order valence-electron chi connectivity index (χ3n) is 1.95. The molecule has 0 aliphatic heterocycles. The van der Waals surface area contributed by atoms with Gasteiger partial charge >= 0.3 is 11.9 Å². The quantitative estimate of drug-likeness (QED) is 0.437. The molecule has 94 valence electrons. The van der Waals surface area contributed by atoms with Crippen LogP contribution < -0.4 is 0 Å². The van der Waals surface area contributed by atoms with Gasteiger partial charge < -0.3 is 9.47 Å². The largest absolute Gasteiger partial charge is 0.459 e. The third-order valence-corrected chi connectivity index (χ3v) is 1.95. The van der Waals surface area contributed by atoms with E-state index >= 15 is 0 Å². The molecule has 0 heterocycles. The summed E-state index contributed by atoms with van der Waals surface area (Å²) < 4.78 is 9.47. The van der Waals surface area contributed by atoms with Gasteiger partial charge in [0, 0.05) is 12.2 Å². The van der Waals surface area contributed by atoms with Crippen molar-refractivity contribution in [1.29, 1.82) is 0 Å². The molecule has 0 aliphatic rings. The van der Waals surface area contributed by atoms with E-state index in [1.165, 1.54) is 6.08 Å². The second kappa shape index (κ2) is 7.84. The van der Waals surface area contributed by atoms with Crippen LogP contribution in [0.3, 0.4) is 0 Å². The van der Waals surface area contributed by atoms with Crippen molar-refractivity contribution < 1.29 is 19.1 Å². The van der Waals surface area contributed by atoms with Crippen LogP contribution in [0.4, 0.5) is 0 Å². The van der Waals surface area contributed by atoms with E-state index in [1.54, 1.807) is 6.08 Å². The third kappa shape index (κ3) is 5.65. The van der Waals surface area contributed by atoms with Crippen molar-refractivity contribution in [2.45, 2.75) is 0 Å². The Morgan fingerprint density at radius 1 is 1.06 bits per heavy atom. The number of rotatable bonds is 6. The number of hydrogen-bond acceptors (Lipinski definition) is 4. The van der Waals surface area contributed by atoms with E-state index in [1.807, 2.05) is 30.3 Å². The summed E-state index contributed by atoms with van der Waals surface area (Å²) in [5, 5.41) is 0. The summed E-state index contributed by atoms with van der Waals surface area (Å²) in [5.41, 5.74) is 0.910. The van der Waals surface area contributed by atoms with Crippen LogP contribution in [-0.4, -0.2) is 25.2 Å². The molecule has 0 fully saturated rings. The highest BCUT2D eigenvalue weighted by atomic mass is 16.6. The molecule has 1 aromatic rings. The summed E-state index contributed by atoms with van der Waals surface area (Å²) in [6.45, 7) is 3.29. The highest BCUT2D eigenvalue weighted by Gasteiger charge is 1.99. The summed E-state index contributed by atoms with van der Waals surface area (Å²) in [6, 6.07) is 9.38. The molecule has 0 atom stereocenters. The van der Waals surface area contributed by atoms with E-state index in [0.29, 0.717) is 0 Å². The zero-order valence-electron chi connectivity index (χ0n) is 9.87. The summed E-state index contributed by atoms with van der Waals surface area (Å²) in [5.74, 6) is -1.01. The smallest absolute Gasteiger partial charge is 0.330 e. The lowest BCUT2D eigenvalue weighted by Crippen LogP contribution is -2.11. The predicted octanol–water partition coefficient (Wildman–Crippen LogP) is 1.97. The van der Waals surface area contributed by atoms with Crippen LogP contribution in [0.5, 0.6) is 0 Å². The van der Waals surface area contributed by atoms with E-state index in [0.717, 1.165) is 11.6 Å². The van der Waals surface area contributed by atoms with Crippen molar-refractivity contribution in [3.63, 3.8) is 0 Å².